The van der Waals surface area contributed by atoms with E-state index in [4.69, 9.17) is 5.73 Å². The molecule has 0 spiro atoms. The van der Waals surface area contributed by atoms with Gasteiger partial charge in [0.15, 0.2) is 0 Å². The normalized spacial score (nSPS) is 14.0. The highest BCUT2D eigenvalue weighted by Crippen LogP contribution is 2.34. The summed E-state index contributed by atoms with van der Waals surface area (Å²) >= 11 is 1.60. The molecule has 0 aliphatic heterocycles. The lowest BCUT2D eigenvalue weighted by molar-refractivity contribution is -0.118. The third-order valence-electron chi connectivity index (χ3n) is 3.23. The smallest absolute Gasteiger partial charge is 0.259 e. The molecule has 0 fully saturated rings. The average molecular weight is 263 g/mol. The van der Waals surface area contributed by atoms with Gasteiger partial charge >= 0.3 is 0 Å². The molecule has 0 saturated carbocycles. The highest BCUT2D eigenvalue weighted by atomic mass is 32.1. The van der Waals surface area contributed by atoms with Crippen molar-refractivity contribution >= 4 is 27.5 Å². The van der Waals surface area contributed by atoms with E-state index in [9.17, 15) is 9.59 Å². The second-order valence-electron chi connectivity index (χ2n) is 4.52. The molecule has 3 rings (SSSR count). The molecule has 0 saturated heterocycles. The summed E-state index contributed by atoms with van der Waals surface area (Å²) < 4.78 is 0. The maximum Gasteiger partial charge on any atom is 0.259 e. The number of carbonyl (C=O) groups excluding carboxylic acids is 1. The first-order valence-electron chi connectivity index (χ1n) is 5.97. The molecule has 6 heteroatoms. The molecule has 1 amide bonds. The van der Waals surface area contributed by atoms with Crippen molar-refractivity contribution in [1.82, 2.24) is 9.97 Å². The van der Waals surface area contributed by atoms with Crippen LogP contribution >= 0.6 is 11.3 Å². The van der Waals surface area contributed by atoms with Gasteiger partial charge in [0.05, 0.1) is 5.39 Å². The van der Waals surface area contributed by atoms with Crippen LogP contribution in [0.2, 0.25) is 0 Å². The van der Waals surface area contributed by atoms with E-state index in [2.05, 4.69) is 9.97 Å². The molecule has 0 radical (unpaired) electrons. The average Bonchev–Trinajstić information content (AvgIpc) is 2.85. The van der Waals surface area contributed by atoms with Gasteiger partial charge < -0.3 is 10.7 Å². The van der Waals surface area contributed by atoms with Gasteiger partial charge in [-0.3, -0.25) is 9.59 Å². The standard InChI is InChI=1S/C12H13N3O2S/c13-8(16)4-5-9-14-11(17)10-6-2-1-3-7(6)18-12(10)15-9/h1-5H2,(H2,13,16)(H,14,15,17). The first-order valence-corrected chi connectivity index (χ1v) is 6.78. The summed E-state index contributed by atoms with van der Waals surface area (Å²) in [6, 6.07) is 0. The van der Waals surface area contributed by atoms with E-state index in [1.54, 1.807) is 11.3 Å². The van der Waals surface area contributed by atoms with E-state index in [0.717, 1.165) is 29.5 Å². The summed E-state index contributed by atoms with van der Waals surface area (Å²) in [5, 5.41) is 0.746. The van der Waals surface area contributed by atoms with Gasteiger partial charge in [0.2, 0.25) is 5.91 Å². The number of aromatic amines is 1. The lowest BCUT2D eigenvalue weighted by Crippen LogP contribution is -2.16. The number of hydrogen-bond acceptors (Lipinski definition) is 4. The van der Waals surface area contributed by atoms with Crippen molar-refractivity contribution in [2.75, 3.05) is 0 Å². The molecule has 0 unspecified atom stereocenters. The second kappa shape index (κ2) is 4.20. The molecule has 2 aromatic rings. The lowest BCUT2D eigenvalue weighted by Gasteiger charge is -1.99. The Bertz CT molecular complexity index is 686. The number of nitrogens with zero attached hydrogens (tertiary/aromatic N) is 1. The van der Waals surface area contributed by atoms with Gasteiger partial charge in [0, 0.05) is 17.7 Å². The number of amides is 1. The minimum atomic E-state index is -0.383. The van der Waals surface area contributed by atoms with Gasteiger partial charge in [0.25, 0.3) is 5.56 Å². The molecule has 3 N–H and O–H groups in total. The van der Waals surface area contributed by atoms with E-state index in [1.165, 1.54) is 10.4 Å². The number of thiophene rings is 1. The van der Waals surface area contributed by atoms with Crippen molar-refractivity contribution in [1.29, 1.82) is 0 Å². The fraction of sp³-hybridized carbons (Fsp3) is 0.417. The third-order valence-corrected chi connectivity index (χ3v) is 4.42. The number of nitrogens with one attached hydrogen (secondary N) is 1. The Balaban J connectivity index is 2.06. The molecule has 0 atom stereocenters. The molecule has 5 nitrogen and oxygen atoms in total. The van der Waals surface area contributed by atoms with Crippen molar-refractivity contribution in [3.63, 3.8) is 0 Å². The van der Waals surface area contributed by atoms with Gasteiger partial charge in [-0.05, 0) is 24.8 Å². The van der Waals surface area contributed by atoms with Crippen molar-refractivity contribution in [3.8, 4) is 0 Å². The molecule has 94 valence electrons. The van der Waals surface area contributed by atoms with E-state index in [0.29, 0.717) is 12.2 Å². The third kappa shape index (κ3) is 1.82. The number of carbonyl (C=O) groups is 1. The lowest BCUT2D eigenvalue weighted by atomic mass is 10.2. The van der Waals surface area contributed by atoms with Crippen LogP contribution in [0.15, 0.2) is 4.79 Å². The Kier molecular flexibility index (Phi) is 2.66. The highest BCUT2D eigenvalue weighted by molar-refractivity contribution is 7.18. The molecule has 2 aromatic heterocycles. The minimum Gasteiger partial charge on any atom is -0.370 e. The van der Waals surface area contributed by atoms with Gasteiger partial charge in [-0.15, -0.1) is 11.3 Å². The van der Waals surface area contributed by atoms with Crippen molar-refractivity contribution in [3.05, 3.63) is 26.6 Å². The fourth-order valence-electron chi connectivity index (χ4n) is 2.41. The van der Waals surface area contributed by atoms with Crippen LogP contribution in [0.4, 0.5) is 0 Å². The fourth-order valence-corrected chi connectivity index (χ4v) is 3.69. The van der Waals surface area contributed by atoms with E-state index < -0.39 is 0 Å². The van der Waals surface area contributed by atoms with Crippen LogP contribution in [0.5, 0.6) is 0 Å². The number of hydrogen-bond donors (Lipinski definition) is 2. The van der Waals surface area contributed by atoms with Crippen molar-refractivity contribution in [2.45, 2.75) is 32.1 Å². The molecule has 0 aromatic carbocycles. The van der Waals surface area contributed by atoms with Gasteiger partial charge in [-0.2, -0.15) is 0 Å². The maximum atomic E-state index is 12.1. The van der Waals surface area contributed by atoms with E-state index >= 15 is 0 Å². The summed E-state index contributed by atoms with van der Waals surface area (Å²) in [6.07, 6.45) is 3.75. The highest BCUT2D eigenvalue weighted by Gasteiger charge is 2.20. The van der Waals surface area contributed by atoms with E-state index in [-0.39, 0.29) is 17.9 Å². The van der Waals surface area contributed by atoms with Crippen LogP contribution in [-0.4, -0.2) is 15.9 Å². The first-order chi connectivity index (χ1) is 8.65. The van der Waals surface area contributed by atoms with Gasteiger partial charge in [-0.25, -0.2) is 4.98 Å². The number of aromatic nitrogens is 2. The van der Waals surface area contributed by atoms with Crippen LogP contribution in [0.25, 0.3) is 10.2 Å². The van der Waals surface area contributed by atoms with Crippen LogP contribution in [0.3, 0.4) is 0 Å². The van der Waals surface area contributed by atoms with Crippen LogP contribution in [0, 0.1) is 0 Å². The molecule has 1 aliphatic carbocycles. The zero-order valence-corrected chi connectivity index (χ0v) is 10.6. The number of nitrogens with two attached hydrogens (primary N) is 1. The predicted molar refractivity (Wildman–Crippen MR) is 69.8 cm³/mol. The maximum absolute atomic E-state index is 12.1. The minimum absolute atomic E-state index is 0.0844. The Hall–Kier alpha value is -1.69. The summed E-state index contributed by atoms with van der Waals surface area (Å²) in [5.41, 5.74) is 6.18. The van der Waals surface area contributed by atoms with Crippen LogP contribution < -0.4 is 11.3 Å². The van der Waals surface area contributed by atoms with Crippen molar-refractivity contribution in [2.24, 2.45) is 5.73 Å². The predicted octanol–water partition coefficient (Wildman–Crippen LogP) is 0.891. The van der Waals surface area contributed by atoms with Crippen LogP contribution in [0.1, 0.15) is 29.1 Å². The zero-order chi connectivity index (χ0) is 12.7. The summed E-state index contributed by atoms with van der Waals surface area (Å²) in [4.78, 5) is 32.1. The van der Waals surface area contributed by atoms with E-state index in [1.807, 2.05) is 0 Å². The molecule has 0 bridgehead atoms. The summed E-state index contributed by atoms with van der Waals surface area (Å²) in [5.74, 6) is 0.164. The topological polar surface area (TPSA) is 88.8 Å². The molecule has 1 aliphatic rings. The Morgan fingerprint density at radius 2 is 2.28 bits per heavy atom. The second-order valence-corrected chi connectivity index (χ2v) is 5.60. The molecule has 18 heavy (non-hydrogen) atoms. The number of H-pyrrole nitrogens is 1. The Labute approximate surface area is 107 Å². The van der Waals surface area contributed by atoms with Crippen LogP contribution in [-0.2, 0) is 24.1 Å². The summed E-state index contributed by atoms with van der Waals surface area (Å²) in [6.45, 7) is 0. The zero-order valence-electron chi connectivity index (χ0n) is 9.78. The summed E-state index contributed by atoms with van der Waals surface area (Å²) in [7, 11) is 0. The largest absolute Gasteiger partial charge is 0.370 e. The molecular weight excluding hydrogens is 250 g/mol. The number of primary amides is 1. The Morgan fingerprint density at radius 1 is 1.44 bits per heavy atom. The van der Waals surface area contributed by atoms with Gasteiger partial charge in [-0.1, -0.05) is 0 Å². The first kappa shape index (κ1) is 11.4. The number of fused-ring (bicyclic) bond motifs is 3. The monoisotopic (exact) mass is 263 g/mol. The van der Waals surface area contributed by atoms with Gasteiger partial charge in [0.1, 0.15) is 10.7 Å². The number of aryl methyl sites for hydroxylation is 3. The Morgan fingerprint density at radius 3 is 3.06 bits per heavy atom. The number of rotatable bonds is 3. The molecule has 2 heterocycles. The molecular formula is C12H13N3O2S. The quantitative estimate of drug-likeness (QED) is 0.862. The van der Waals surface area contributed by atoms with Crippen molar-refractivity contribution < 1.29 is 4.79 Å². The SMILES string of the molecule is NC(=O)CCc1nc2sc3c(c2c(=O)[nH]1)CCC3.